The van der Waals surface area contributed by atoms with Crippen LogP contribution in [0, 0.1) is 5.92 Å². The minimum Gasteiger partial charge on any atom is -0.315 e. The van der Waals surface area contributed by atoms with Crippen LogP contribution in [-0.2, 0) is 0 Å². The van der Waals surface area contributed by atoms with E-state index in [4.69, 9.17) is 0 Å². The lowest BCUT2D eigenvalue weighted by molar-refractivity contribution is 0.0722. The first-order valence-corrected chi connectivity index (χ1v) is 8.41. The smallest absolute Gasteiger partial charge is 0.0356 e. The maximum absolute atomic E-state index is 3.67. The molecule has 1 fully saturated rings. The highest BCUT2D eigenvalue weighted by molar-refractivity contribution is 4.99. The summed E-state index contributed by atoms with van der Waals surface area (Å²) in [6.07, 6.45) is 12.4. The van der Waals surface area contributed by atoms with Crippen LogP contribution in [0.15, 0.2) is 0 Å². The SMILES string of the molecule is CCCC(C)CC(NC)C1(N(C)C)CCCCCC1. The summed E-state index contributed by atoms with van der Waals surface area (Å²) in [5.41, 5.74) is 0.382. The zero-order valence-electron chi connectivity index (χ0n) is 14.0. The van der Waals surface area contributed by atoms with Crippen molar-refractivity contribution in [3.8, 4) is 0 Å². The van der Waals surface area contributed by atoms with E-state index in [9.17, 15) is 0 Å². The van der Waals surface area contributed by atoms with Gasteiger partial charge in [0.25, 0.3) is 0 Å². The van der Waals surface area contributed by atoms with Gasteiger partial charge >= 0.3 is 0 Å². The second-order valence-electron chi connectivity index (χ2n) is 6.88. The van der Waals surface area contributed by atoms with Crippen LogP contribution in [0.2, 0.25) is 0 Å². The third-order valence-corrected chi connectivity index (χ3v) is 5.28. The fourth-order valence-corrected chi connectivity index (χ4v) is 4.07. The van der Waals surface area contributed by atoms with Crippen LogP contribution >= 0.6 is 0 Å². The van der Waals surface area contributed by atoms with Gasteiger partial charge in [-0.3, -0.25) is 0 Å². The van der Waals surface area contributed by atoms with E-state index >= 15 is 0 Å². The molecule has 19 heavy (non-hydrogen) atoms. The monoisotopic (exact) mass is 268 g/mol. The second-order valence-corrected chi connectivity index (χ2v) is 6.88. The molecule has 1 N–H and O–H groups in total. The lowest BCUT2D eigenvalue weighted by atomic mass is 9.77. The van der Waals surface area contributed by atoms with E-state index in [0.717, 1.165) is 5.92 Å². The number of likely N-dealkylation sites (N-methyl/N-ethyl adjacent to an activating group) is 2. The van der Waals surface area contributed by atoms with Crippen molar-refractivity contribution < 1.29 is 0 Å². The Labute approximate surface area is 121 Å². The second kappa shape index (κ2) is 8.26. The van der Waals surface area contributed by atoms with Crippen molar-refractivity contribution in [1.29, 1.82) is 0 Å². The molecule has 2 nitrogen and oxygen atoms in total. The van der Waals surface area contributed by atoms with Crippen molar-refractivity contribution in [3.05, 3.63) is 0 Å². The van der Waals surface area contributed by atoms with Crippen LogP contribution in [-0.4, -0.2) is 37.6 Å². The summed E-state index contributed by atoms with van der Waals surface area (Å²) in [7, 11) is 6.75. The summed E-state index contributed by atoms with van der Waals surface area (Å²) >= 11 is 0. The number of hydrogen-bond donors (Lipinski definition) is 1. The van der Waals surface area contributed by atoms with Gasteiger partial charge in [0.15, 0.2) is 0 Å². The summed E-state index contributed by atoms with van der Waals surface area (Å²) in [5.74, 6) is 0.836. The largest absolute Gasteiger partial charge is 0.315 e. The molecule has 0 aromatic carbocycles. The van der Waals surface area contributed by atoms with Crippen LogP contribution in [0.1, 0.15) is 71.6 Å². The van der Waals surface area contributed by atoms with Gasteiger partial charge in [-0.2, -0.15) is 0 Å². The first kappa shape index (κ1) is 17.0. The highest BCUT2D eigenvalue weighted by Gasteiger charge is 2.40. The summed E-state index contributed by atoms with van der Waals surface area (Å²) in [5, 5.41) is 3.67. The minimum atomic E-state index is 0.382. The van der Waals surface area contributed by atoms with Crippen molar-refractivity contribution in [1.82, 2.24) is 10.2 Å². The van der Waals surface area contributed by atoms with Crippen molar-refractivity contribution >= 4 is 0 Å². The van der Waals surface area contributed by atoms with E-state index in [0.29, 0.717) is 11.6 Å². The summed E-state index contributed by atoms with van der Waals surface area (Å²) in [4.78, 5) is 2.53. The predicted octanol–water partition coefficient (Wildman–Crippen LogP) is 4.06. The molecule has 0 saturated heterocycles. The molecule has 1 aliphatic rings. The normalized spacial score (nSPS) is 23.1. The Morgan fingerprint density at radius 3 is 2.11 bits per heavy atom. The van der Waals surface area contributed by atoms with Crippen molar-refractivity contribution in [2.45, 2.75) is 83.2 Å². The highest BCUT2D eigenvalue weighted by atomic mass is 15.2. The lowest BCUT2D eigenvalue weighted by Gasteiger charge is -2.46. The molecule has 0 aromatic heterocycles. The van der Waals surface area contributed by atoms with Crippen LogP contribution in [0.5, 0.6) is 0 Å². The van der Waals surface area contributed by atoms with Gasteiger partial charge < -0.3 is 10.2 Å². The van der Waals surface area contributed by atoms with Gasteiger partial charge in [0.05, 0.1) is 0 Å². The maximum Gasteiger partial charge on any atom is 0.0356 e. The Morgan fingerprint density at radius 1 is 1.11 bits per heavy atom. The first-order valence-electron chi connectivity index (χ1n) is 8.41. The van der Waals surface area contributed by atoms with E-state index in [1.165, 1.54) is 57.8 Å². The van der Waals surface area contributed by atoms with Gasteiger partial charge in [-0.25, -0.2) is 0 Å². The summed E-state index contributed by atoms with van der Waals surface area (Å²) in [6, 6.07) is 0.641. The Bertz CT molecular complexity index is 229. The number of rotatable bonds is 7. The standard InChI is InChI=1S/C17H36N2/c1-6-11-15(2)14-16(18-3)17(19(4)5)12-9-7-8-10-13-17/h15-16,18H,6-14H2,1-5H3. The molecular weight excluding hydrogens is 232 g/mol. The van der Waals surface area contributed by atoms with E-state index in [1.807, 2.05) is 0 Å². The molecule has 0 aromatic rings. The van der Waals surface area contributed by atoms with Gasteiger partial charge in [-0.15, -0.1) is 0 Å². The average Bonchev–Trinajstić information content (AvgIpc) is 2.62. The minimum absolute atomic E-state index is 0.382. The topological polar surface area (TPSA) is 15.3 Å². The summed E-state index contributed by atoms with van der Waals surface area (Å²) in [6.45, 7) is 4.73. The molecule has 0 aliphatic heterocycles. The molecule has 0 heterocycles. The zero-order chi connectivity index (χ0) is 14.3. The molecule has 2 atom stereocenters. The van der Waals surface area contributed by atoms with E-state index in [-0.39, 0.29) is 0 Å². The number of nitrogens with zero attached hydrogens (tertiary/aromatic N) is 1. The molecule has 0 amide bonds. The molecule has 2 unspecified atom stereocenters. The quantitative estimate of drug-likeness (QED) is 0.701. The molecule has 0 radical (unpaired) electrons. The number of nitrogens with one attached hydrogen (secondary N) is 1. The number of hydrogen-bond acceptors (Lipinski definition) is 2. The Hall–Kier alpha value is -0.0800. The molecule has 0 bridgehead atoms. The van der Waals surface area contributed by atoms with Gasteiger partial charge in [0.1, 0.15) is 0 Å². The zero-order valence-corrected chi connectivity index (χ0v) is 14.0. The third kappa shape index (κ3) is 4.46. The fraction of sp³-hybridized carbons (Fsp3) is 1.00. The van der Waals surface area contributed by atoms with E-state index in [1.54, 1.807) is 0 Å². The van der Waals surface area contributed by atoms with Crippen LogP contribution in [0.25, 0.3) is 0 Å². The predicted molar refractivity (Wildman–Crippen MR) is 85.7 cm³/mol. The molecule has 1 saturated carbocycles. The summed E-state index contributed by atoms with van der Waals surface area (Å²) < 4.78 is 0. The maximum atomic E-state index is 3.67. The highest BCUT2D eigenvalue weighted by Crippen LogP contribution is 2.36. The van der Waals surface area contributed by atoms with Crippen LogP contribution in [0.4, 0.5) is 0 Å². The molecule has 114 valence electrons. The molecule has 1 rings (SSSR count). The molecule has 1 aliphatic carbocycles. The van der Waals surface area contributed by atoms with Gasteiger partial charge in [-0.1, -0.05) is 52.4 Å². The van der Waals surface area contributed by atoms with Gasteiger partial charge in [-0.05, 0) is 46.3 Å². The van der Waals surface area contributed by atoms with Crippen molar-refractivity contribution in [2.24, 2.45) is 5.92 Å². The van der Waals surface area contributed by atoms with Crippen molar-refractivity contribution in [2.75, 3.05) is 21.1 Å². The van der Waals surface area contributed by atoms with E-state index < -0.39 is 0 Å². The van der Waals surface area contributed by atoms with Crippen LogP contribution in [0.3, 0.4) is 0 Å². The third-order valence-electron chi connectivity index (χ3n) is 5.28. The first-order chi connectivity index (χ1) is 9.06. The van der Waals surface area contributed by atoms with Gasteiger partial charge in [0.2, 0.25) is 0 Å². The van der Waals surface area contributed by atoms with E-state index in [2.05, 4.69) is 45.2 Å². The fourth-order valence-electron chi connectivity index (χ4n) is 4.07. The molecule has 2 heteroatoms. The Balaban J connectivity index is 2.80. The average molecular weight is 268 g/mol. The Morgan fingerprint density at radius 2 is 1.68 bits per heavy atom. The lowest BCUT2D eigenvalue weighted by Crippen LogP contribution is -2.58. The molecule has 0 spiro atoms. The van der Waals surface area contributed by atoms with Gasteiger partial charge in [0, 0.05) is 11.6 Å². The van der Waals surface area contributed by atoms with Crippen molar-refractivity contribution in [3.63, 3.8) is 0 Å². The van der Waals surface area contributed by atoms with Crippen LogP contribution < -0.4 is 5.32 Å². The molecular formula is C17H36N2. The Kier molecular flexibility index (Phi) is 7.38.